The molecule has 6 heteroatoms. The summed E-state index contributed by atoms with van der Waals surface area (Å²) in [5.74, 6) is 1.46. The maximum atomic E-state index is 13.0. The van der Waals surface area contributed by atoms with Gasteiger partial charge in [-0.05, 0) is 69.3 Å². The van der Waals surface area contributed by atoms with Crippen molar-refractivity contribution in [2.75, 3.05) is 0 Å². The van der Waals surface area contributed by atoms with Gasteiger partial charge in [-0.1, -0.05) is 30.3 Å². The molecule has 28 heavy (non-hydrogen) atoms. The fraction of sp³-hybridized carbons (Fsp3) is 0.636. The lowest BCUT2D eigenvalue weighted by molar-refractivity contribution is -0.234. The molecule has 2 amide bonds. The Labute approximate surface area is 170 Å². The Kier molecular flexibility index (Phi) is 4.00. The third-order valence-electron chi connectivity index (χ3n) is 7.29. The summed E-state index contributed by atoms with van der Waals surface area (Å²) < 4.78 is 5.58. The van der Waals surface area contributed by atoms with Crippen LogP contribution in [0.1, 0.15) is 51.5 Å². The number of alkyl halides is 1. The molecule has 4 saturated carbocycles. The highest BCUT2D eigenvalue weighted by atomic mass is 35.5. The Hall–Kier alpha value is -1.75. The molecular weight excluding hydrogens is 376 g/mol. The Morgan fingerprint density at radius 1 is 1.14 bits per heavy atom. The van der Waals surface area contributed by atoms with Gasteiger partial charge in [0.2, 0.25) is 0 Å². The summed E-state index contributed by atoms with van der Waals surface area (Å²) in [4.78, 5) is 25.9. The second-order valence-corrected chi connectivity index (χ2v) is 10.5. The van der Waals surface area contributed by atoms with Crippen LogP contribution in [0.5, 0.6) is 0 Å². The van der Waals surface area contributed by atoms with E-state index in [0.29, 0.717) is 17.8 Å². The van der Waals surface area contributed by atoms with E-state index in [2.05, 4.69) is 0 Å². The van der Waals surface area contributed by atoms with Crippen molar-refractivity contribution in [2.24, 2.45) is 17.8 Å². The summed E-state index contributed by atoms with van der Waals surface area (Å²) in [6.07, 6.45) is 4.80. The molecule has 4 bridgehead atoms. The summed E-state index contributed by atoms with van der Waals surface area (Å²) in [6, 6.07) is 9.70. The molecule has 5 atom stereocenters. The molecule has 5 nitrogen and oxygen atoms in total. The van der Waals surface area contributed by atoms with Crippen molar-refractivity contribution >= 4 is 23.6 Å². The minimum atomic E-state index is -0.860. The fourth-order valence-corrected chi connectivity index (χ4v) is 6.96. The van der Waals surface area contributed by atoms with Gasteiger partial charge in [0.15, 0.2) is 0 Å². The third kappa shape index (κ3) is 2.66. The lowest BCUT2D eigenvalue weighted by Crippen LogP contribution is -2.81. The van der Waals surface area contributed by atoms with Gasteiger partial charge >= 0.3 is 6.09 Å². The van der Waals surface area contributed by atoms with Gasteiger partial charge in [0, 0.05) is 4.87 Å². The molecule has 150 valence electrons. The zero-order valence-corrected chi connectivity index (χ0v) is 17.2. The van der Waals surface area contributed by atoms with Crippen LogP contribution in [0.3, 0.4) is 0 Å². The van der Waals surface area contributed by atoms with Gasteiger partial charge in [-0.25, -0.2) is 14.8 Å². The predicted octanol–water partition coefficient (Wildman–Crippen LogP) is 4.35. The van der Waals surface area contributed by atoms with Crippen LogP contribution in [0.15, 0.2) is 30.3 Å². The molecule has 1 heterocycles. The van der Waals surface area contributed by atoms with Crippen molar-refractivity contribution in [1.82, 2.24) is 10.0 Å². The first-order chi connectivity index (χ1) is 13.3. The van der Waals surface area contributed by atoms with E-state index in [0.717, 1.165) is 37.7 Å². The van der Waals surface area contributed by atoms with Crippen LogP contribution in [0.2, 0.25) is 0 Å². The number of nitrogens with zero attached hydrogens (tertiary/aromatic N) is 2. The van der Waals surface area contributed by atoms with Crippen molar-refractivity contribution in [3.05, 3.63) is 35.9 Å². The molecule has 0 aromatic heterocycles. The Morgan fingerprint density at radius 3 is 2.39 bits per heavy atom. The first kappa shape index (κ1) is 18.3. The van der Waals surface area contributed by atoms with Crippen LogP contribution in [0.25, 0.3) is 0 Å². The minimum absolute atomic E-state index is 0.0188. The molecule has 3 unspecified atom stereocenters. The number of carbonyl (C=O) groups is 2. The molecule has 0 spiro atoms. The molecule has 1 saturated heterocycles. The Balaban J connectivity index is 1.35. The number of carbonyl (C=O) groups excluding carboxylic acids is 2. The number of halogens is 1. The molecule has 4 aliphatic carbocycles. The van der Waals surface area contributed by atoms with E-state index in [-0.39, 0.29) is 23.4 Å². The van der Waals surface area contributed by atoms with Crippen molar-refractivity contribution in [1.29, 1.82) is 0 Å². The number of ether oxygens (including phenoxy) is 1. The minimum Gasteiger partial charge on any atom is -0.443 e. The van der Waals surface area contributed by atoms with E-state index in [1.165, 1.54) is 0 Å². The van der Waals surface area contributed by atoms with E-state index < -0.39 is 11.6 Å². The standard InChI is InChI=1S/C22H27ClN2O3/c1-21(2)19(26)24(25(21)20(27)28-13-14-6-4-3-5-7-14)18-16-8-15-9-17(18)12-22(23,10-15)11-16/h3-7,15-18H,8-13H2,1-2H3/t15?,16-,17+,18?,22?. The fourth-order valence-electron chi connectivity index (χ4n) is 6.35. The maximum Gasteiger partial charge on any atom is 0.430 e. The average molecular weight is 403 g/mol. The second kappa shape index (κ2) is 6.12. The lowest BCUT2D eigenvalue weighted by atomic mass is 9.53. The highest BCUT2D eigenvalue weighted by molar-refractivity contribution is 6.24. The molecule has 1 aromatic carbocycles. The van der Waals surface area contributed by atoms with Crippen molar-refractivity contribution < 1.29 is 14.3 Å². The normalized spacial score (nSPS) is 37.8. The van der Waals surface area contributed by atoms with Crippen molar-refractivity contribution in [3.63, 3.8) is 0 Å². The summed E-state index contributed by atoms with van der Waals surface area (Å²) in [5, 5.41) is 3.28. The van der Waals surface area contributed by atoms with Gasteiger partial charge in [0.05, 0.1) is 6.04 Å². The topological polar surface area (TPSA) is 49.9 Å². The first-order valence-electron chi connectivity index (χ1n) is 10.3. The van der Waals surface area contributed by atoms with E-state index in [4.69, 9.17) is 16.3 Å². The number of hydrogen-bond acceptors (Lipinski definition) is 3. The monoisotopic (exact) mass is 402 g/mol. The largest absolute Gasteiger partial charge is 0.443 e. The Morgan fingerprint density at radius 2 is 1.79 bits per heavy atom. The second-order valence-electron chi connectivity index (χ2n) is 9.67. The number of benzene rings is 1. The van der Waals surface area contributed by atoms with Crippen LogP contribution in [-0.2, 0) is 16.1 Å². The van der Waals surface area contributed by atoms with Gasteiger partial charge in [0.25, 0.3) is 5.91 Å². The van der Waals surface area contributed by atoms with Crippen LogP contribution in [-0.4, -0.2) is 38.5 Å². The van der Waals surface area contributed by atoms with E-state index in [1.807, 2.05) is 30.3 Å². The van der Waals surface area contributed by atoms with Crippen LogP contribution in [0.4, 0.5) is 4.79 Å². The van der Waals surface area contributed by atoms with Gasteiger partial charge in [0.1, 0.15) is 12.1 Å². The van der Waals surface area contributed by atoms with Crippen LogP contribution >= 0.6 is 11.6 Å². The highest BCUT2D eigenvalue weighted by Gasteiger charge is 2.65. The number of amides is 2. The first-order valence-corrected chi connectivity index (χ1v) is 10.7. The van der Waals surface area contributed by atoms with Gasteiger partial charge < -0.3 is 4.74 Å². The average Bonchev–Trinajstić information content (AvgIpc) is 2.64. The van der Waals surface area contributed by atoms with E-state index in [1.54, 1.807) is 23.9 Å². The predicted molar refractivity (Wildman–Crippen MR) is 105 cm³/mol. The summed E-state index contributed by atoms with van der Waals surface area (Å²) in [7, 11) is 0. The zero-order chi connectivity index (χ0) is 19.7. The Bertz CT molecular complexity index is 795. The number of hydrogen-bond donors (Lipinski definition) is 0. The van der Waals surface area contributed by atoms with Crippen molar-refractivity contribution in [2.45, 2.75) is 69.0 Å². The van der Waals surface area contributed by atoms with E-state index in [9.17, 15) is 9.59 Å². The quantitative estimate of drug-likeness (QED) is 0.706. The number of rotatable bonds is 3. The van der Waals surface area contributed by atoms with Gasteiger partial charge in [-0.15, -0.1) is 11.6 Å². The number of hydrazine groups is 1. The summed E-state index contributed by atoms with van der Waals surface area (Å²) in [5.41, 5.74) is 0.0759. The smallest absolute Gasteiger partial charge is 0.430 e. The molecule has 5 aliphatic rings. The lowest BCUT2D eigenvalue weighted by Gasteiger charge is -2.65. The third-order valence-corrected chi connectivity index (χ3v) is 7.75. The van der Waals surface area contributed by atoms with Crippen LogP contribution in [0, 0.1) is 17.8 Å². The molecule has 1 aliphatic heterocycles. The molecular formula is C22H27ClN2O3. The van der Waals surface area contributed by atoms with Gasteiger partial charge in [-0.2, -0.15) is 0 Å². The van der Waals surface area contributed by atoms with Crippen molar-refractivity contribution in [3.8, 4) is 0 Å². The summed E-state index contributed by atoms with van der Waals surface area (Å²) in [6.45, 7) is 3.81. The molecule has 1 aromatic rings. The molecule has 6 rings (SSSR count). The zero-order valence-electron chi connectivity index (χ0n) is 16.4. The SMILES string of the molecule is CC1(C)C(=O)N(C2[C@@H]3CC4C[C@H]2CC(Cl)(C4)C3)N1C(=O)OCc1ccccc1. The molecule has 0 N–H and O–H groups in total. The van der Waals surface area contributed by atoms with E-state index >= 15 is 0 Å². The molecule has 5 fully saturated rings. The van der Waals surface area contributed by atoms with Crippen LogP contribution < -0.4 is 0 Å². The van der Waals surface area contributed by atoms with Gasteiger partial charge in [-0.3, -0.25) is 4.79 Å². The molecule has 0 radical (unpaired) electrons. The maximum absolute atomic E-state index is 13.0. The summed E-state index contributed by atoms with van der Waals surface area (Å²) >= 11 is 6.86. The highest BCUT2D eigenvalue weighted by Crippen LogP contribution is 2.60.